The number of aromatic amines is 1. The number of H-pyrrole nitrogens is 1. The normalized spacial score (nSPS) is 28.5. The first-order chi connectivity index (χ1) is 13.1. The van der Waals surface area contributed by atoms with Crippen molar-refractivity contribution in [2.75, 3.05) is 19.8 Å². The molecule has 2 heterocycles. The zero-order valence-corrected chi connectivity index (χ0v) is 16.4. The minimum absolute atomic E-state index is 0.186. The van der Waals surface area contributed by atoms with Crippen molar-refractivity contribution in [2.45, 2.75) is 57.8 Å². The van der Waals surface area contributed by atoms with E-state index in [9.17, 15) is 4.79 Å². The third-order valence-corrected chi connectivity index (χ3v) is 6.39. The van der Waals surface area contributed by atoms with Gasteiger partial charge in [-0.3, -0.25) is 4.79 Å². The molecule has 5 nitrogen and oxygen atoms in total. The van der Waals surface area contributed by atoms with Gasteiger partial charge in [-0.25, -0.2) is 4.98 Å². The number of fused-ring (bicyclic) bond motifs is 1. The molecule has 1 saturated carbocycles. The number of hydrogen-bond donors (Lipinski definition) is 1. The summed E-state index contributed by atoms with van der Waals surface area (Å²) in [5, 5.41) is 0. The van der Waals surface area contributed by atoms with Crippen LogP contribution in [-0.2, 0) is 26.1 Å². The van der Waals surface area contributed by atoms with E-state index in [0.717, 1.165) is 40.7 Å². The van der Waals surface area contributed by atoms with Gasteiger partial charge in [-0.2, -0.15) is 0 Å². The fourth-order valence-electron chi connectivity index (χ4n) is 4.60. The Morgan fingerprint density at radius 1 is 1.33 bits per heavy atom. The summed E-state index contributed by atoms with van der Waals surface area (Å²) >= 11 is 0. The number of hydrogen-bond acceptors (Lipinski definition) is 4. The molecule has 2 aromatic rings. The van der Waals surface area contributed by atoms with Gasteiger partial charge in [0.15, 0.2) is 0 Å². The summed E-state index contributed by atoms with van der Waals surface area (Å²) in [4.78, 5) is 21.0. The van der Waals surface area contributed by atoms with Crippen LogP contribution < -0.4 is 0 Å². The van der Waals surface area contributed by atoms with Gasteiger partial charge in [0, 0.05) is 13.0 Å². The molecular formula is C22H30N2O3. The lowest BCUT2D eigenvalue weighted by atomic mass is 9.79. The monoisotopic (exact) mass is 370 g/mol. The van der Waals surface area contributed by atoms with Crippen LogP contribution >= 0.6 is 0 Å². The lowest BCUT2D eigenvalue weighted by Gasteiger charge is -2.25. The number of imidazole rings is 1. The minimum atomic E-state index is -0.692. The van der Waals surface area contributed by atoms with E-state index in [0.29, 0.717) is 26.2 Å². The Bertz CT molecular complexity index is 799. The smallest absolute Gasteiger partial charge is 0.319 e. The van der Waals surface area contributed by atoms with Crippen LogP contribution in [0.4, 0.5) is 0 Å². The van der Waals surface area contributed by atoms with Crippen LogP contribution in [0.15, 0.2) is 18.2 Å². The molecule has 0 spiro atoms. The molecule has 0 bridgehead atoms. The number of benzene rings is 1. The van der Waals surface area contributed by atoms with Gasteiger partial charge in [0.25, 0.3) is 0 Å². The molecule has 0 amide bonds. The van der Waals surface area contributed by atoms with E-state index < -0.39 is 5.41 Å². The molecule has 2 fully saturated rings. The molecule has 146 valence electrons. The molecule has 5 heteroatoms. The van der Waals surface area contributed by atoms with Crippen LogP contribution in [-0.4, -0.2) is 35.8 Å². The third kappa shape index (κ3) is 3.62. The second kappa shape index (κ2) is 7.63. The van der Waals surface area contributed by atoms with E-state index in [4.69, 9.17) is 14.5 Å². The van der Waals surface area contributed by atoms with Crippen LogP contribution in [0, 0.1) is 11.8 Å². The van der Waals surface area contributed by atoms with Crippen molar-refractivity contribution in [3.8, 4) is 0 Å². The summed E-state index contributed by atoms with van der Waals surface area (Å²) < 4.78 is 10.9. The quantitative estimate of drug-likeness (QED) is 0.803. The highest BCUT2D eigenvalue weighted by Gasteiger charge is 2.45. The fraction of sp³-hybridized carbons (Fsp3) is 0.636. The first-order valence-corrected chi connectivity index (χ1v) is 10.3. The van der Waals surface area contributed by atoms with Gasteiger partial charge < -0.3 is 14.5 Å². The minimum Gasteiger partial charge on any atom is -0.465 e. The number of ether oxygens (including phenoxy) is 2. The van der Waals surface area contributed by atoms with Crippen molar-refractivity contribution >= 4 is 17.0 Å². The van der Waals surface area contributed by atoms with Gasteiger partial charge in [-0.05, 0) is 55.7 Å². The maximum absolute atomic E-state index is 12.7. The Morgan fingerprint density at radius 3 is 2.85 bits per heavy atom. The Labute approximate surface area is 160 Å². The average Bonchev–Trinajstić information content (AvgIpc) is 3.30. The van der Waals surface area contributed by atoms with Crippen molar-refractivity contribution in [1.82, 2.24) is 9.97 Å². The number of esters is 1. The number of carbonyl (C=O) groups is 1. The van der Waals surface area contributed by atoms with Crippen LogP contribution in [0.25, 0.3) is 11.0 Å². The first-order valence-electron chi connectivity index (χ1n) is 10.3. The summed E-state index contributed by atoms with van der Waals surface area (Å²) in [5.74, 6) is 2.48. The van der Waals surface area contributed by atoms with Crippen molar-refractivity contribution in [3.05, 3.63) is 29.6 Å². The highest BCUT2D eigenvalue weighted by atomic mass is 16.5. The molecule has 1 aromatic carbocycles. The summed E-state index contributed by atoms with van der Waals surface area (Å²) in [7, 11) is 0. The van der Waals surface area contributed by atoms with Crippen LogP contribution in [0.5, 0.6) is 0 Å². The molecule has 1 aliphatic heterocycles. The standard InChI is InChI=1S/C22H30N2O3/c1-3-27-21(25)22(10-11-26-14-22)17-8-9-18-19(13-17)24-20(23-18)12-16-6-4-15(2)5-7-16/h8-9,13,15-16H,3-7,10-12,14H2,1-2H3,(H,23,24)/t15-,16-,22?. The highest BCUT2D eigenvalue weighted by Crippen LogP contribution is 2.36. The molecule has 1 atom stereocenters. The molecule has 1 aromatic heterocycles. The number of nitrogens with zero attached hydrogens (tertiary/aromatic N) is 1. The van der Waals surface area contributed by atoms with Crippen molar-refractivity contribution in [3.63, 3.8) is 0 Å². The Kier molecular flexibility index (Phi) is 5.22. The van der Waals surface area contributed by atoms with Crippen molar-refractivity contribution in [2.24, 2.45) is 11.8 Å². The topological polar surface area (TPSA) is 64.2 Å². The summed E-state index contributed by atoms with van der Waals surface area (Å²) in [6, 6.07) is 6.12. The molecular weight excluding hydrogens is 340 g/mol. The fourth-order valence-corrected chi connectivity index (χ4v) is 4.60. The van der Waals surface area contributed by atoms with Gasteiger partial charge in [0.05, 0.1) is 24.2 Å². The van der Waals surface area contributed by atoms with Crippen molar-refractivity contribution < 1.29 is 14.3 Å². The zero-order valence-electron chi connectivity index (χ0n) is 16.4. The lowest BCUT2D eigenvalue weighted by molar-refractivity contribution is -0.150. The van der Waals surface area contributed by atoms with Gasteiger partial charge in [0.2, 0.25) is 0 Å². The maximum atomic E-state index is 12.7. The van der Waals surface area contributed by atoms with E-state index in [1.165, 1.54) is 25.7 Å². The van der Waals surface area contributed by atoms with E-state index in [2.05, 4.69) is 11.9 Å². The molecule has 1 unspecified atom stereocenters. The summed E-state index contributed by atoms with van der Waals surface area (Å²) in [6.07, 6.45) is 6.94. The number of aromatic nitrogens is 2. The van der Waals surface area contributed by atoms with Gasteiger partial charge in [-0.15, -0.1) is 0 Å². The first kappa shape index (κ1) is 18.5. The van der Waals surface area contributed by atoms with Crippen LogP contribution in [0.2, 0.25) is 0 Å². The lowest BCUT2D eigenvalue weighted by Crippen LogP contribution is -2.38. The van der Waals surface area contributed by atoms with E-state index in [-0.39, 0.29) is 5.97 Å². The molecule has 1 aliphatic carbocycles. The second-order valence-electron chi connectivity index (χ2n) is 8.35. The van der Waals surface area contributed by atoms with E-state index >= 15 is 0 Å². The predicted octanol–water partition coefficient (Wildman–Crippen LogP) is 4.15. The largest absolute Gasteiger partial charge is 0.465 e. The molecule has 1 saturated heterocycles. The van der Waals surface area contributed by atoms with Crippen LogP contribution in [0.3, 0.4) is 0 Å². The molecule has 2 aliphatic rings. The zero-order chi connectivity index (χ0) is 18.9. The number of nitrogens with one attached hydrogen (secondary N) is 1. The Morgan fingerprint density at radius 2 is 2.15 bits per heavy atom. The molecule has 1 N–H and O–H groups in total. The highest BCUT2D eigenvalue weighted by molar-refractivity contribution is 5.86. The molecule has 4 rings (SSSR count). The maximum Gasteiger partial charge on any atom is 0.319 e. The van der Waals surface area contributed by atoms with Gasteiger partial charge >= 0.3 is 5.97 Å². The second-order valence-corrected chi connectivity index (χ2v) is 8.35. The summed E-state index contributed by atoms with van der Waals surface area (Å²) in [5.41, 5.74) is 2.23. The third-order valence-electron chi connectivity index (χ3n) is 6.39. The van der Waals surface area contributed by atoms with Gasteiger partial charge in [0.1, 0.15) is 11.2 Å². The molecule has 0 radical (unpaired) electrons. The average molecular weight is 370 g/mol. The van der Waals surface area contributed by atoms with E-state index in [1.807, 2.05) is 25.1 Å². The Balaban J connectivity index is 1.57. The number of rotatable bonds is 5. The Hall–Kier alpha value is -1.88. The summed E-state index contributed by atoms with van der Waals surface area (Å²) in [6.45, 7) is 5.55. The van der Waals surface area contributed by atoms with Crippen LogP contribution in [0.1, 0.15) is 57.3 Å². The SMILES string of the molecule is CCOC(=O)C1(c2ccc3[nH]c(C[C@H]4CC[C@H](C)CC4)nc3c2)CCOC1. The van der Waals surface area contributed by atoms with Crippen molar-refractivity contribution in [1.29, 1.82) is 0 Å². The van der Waals surface area contributed by atoms with Gasteiger partial charge in [-0.1, -0.05) is 25.8 Å². The number of carbonyl (C=O) groups excluding carboxylic acids is 1. The molecule has 27 heavy (non-hydrogen) atoms. The predicted molar refractivity (Wildman–Crippen MR) is 105 cm³/mol. The van der Waals surface area contributed by atoms with E-state index in [1.54, 1.807) is 0 Å².